The summed E-state index contributed by atoms with van der Waals surface area (Å²) in [7, 11) is 0. The van der Waals surface area contributed by atoms with E-state index in [0.29, 0.717) is 0 Å². The Balaban J connectivity index is 2.06. The molecule has 1 aliphatic heterocycles. The molecule has 1 aliphatic rings. The van der Waals surface area contributed by atoms with E-state index in [4.69, 9.17) is 0 Å². The van der Waals surface area contributed by atoms with E-state index in [1.165, 1.54) is 5.69 Å². The summed E-state index contributed by atoms with van der Waals surface area (Å²) in [5.41, 5.74) is 1.20. The van der Waals surface area contributed by atoms with Crippen LogP contribution in [0.4, 0.5) is 5.69 Å². The molecule has 0 amide bonds. The first kappa shape index (κ1) is 8.97. The lowest BCUT2D eigenvalue weighted by atomic mass is 10.3. The van der Waals surface area contributed by atoms with Crippen molar-refractivity contribution in [3.63, 3.8) is 0 Å². The van der Waals surface area contributed by atoms with Gasteiger partial charge in [-0.15, -0.1) is 0 Å². The molecule has 72 valence electrons. The van der Waals surface area contributed by atoms with E-state index in [9.17, 15) is 4.79 Å². The molecule has 1 heterocycles. The molecule has 0 spiro atoms. The van der Waals surface area contributed by atoms with Crippen molar-refractivity contribution in [3.8, 4) is 0 Å². The minimum absolute atomic E-state index is 0.132. The Morgan fingerprint density at radius 3 is 2.86 bits per heavy atom. The molecular weight excluding hydrogens is 176 g/mol. The quantitative estimate of drug-likeness (QED) is 0.521. The van der Waals surface area contributed by atoms with E-state index >= 15 is 0 Å². The minimum atomic E-state index is 0.132. The predicted octanol–water partition coefficient (Wildman–Crippen LogP) is 1.60. The lowest BCUT2D eigenvalue weighted by Gasteiger charge is -2.17. The molecule has 3 heteroatoms. The van der Waals surface area contributed by atoms with Gasteiger partial charge in [0.2, 0.25) is 6.08 Å². The lowest BCUT2D eigenvalue weighted by Crippen LogP contribution is -2.20. The van der Waals surface area contributed by atoms with Crippen LogP contribution >= 0.6 is 0 Å². The number of para-hydroxylation sites is 1. The van der Waals surface area contributed by atoms with Gasteiger partial charge in [-0.1, -0.05) is 18.2 Å². The van der Waals surface area contributed by atoms with Gasteiger partial charge in [0.05, 0.1) is 6.04 Å². The molecule has 1 unspecified atom stereocenters. The molecule has 1 atom stereocenters. The van der Waals surface area contributed by atoms with Crippen molar-refractivity contribution in [2.75, 3.05) is 18.0 Å². The molecule has 0 aliphatic carbocycles. The Morgan fingerprint density at radius 1 is 1.36 bits per heavy atom. The minimum Gasteiger partial charge on any atom is -0.369 e. The van der Waals surface area contributed by atoms with Gasteiger partial charge in [-0.05, 0) is 18.6 Å². The molecule has 0 aromatic heterocycles. The van der Waals surface area contributed by atoms with Crippen molar-refractivity contribution < 1.29 is 4.79 Å². The first-order chi connectivity index (χ1) is 6.90. The first-order valence-corrected chi connectivity index (χ1v) is 4.77. The Labute approximate surface area is 83.1 Å². The summed E-state index contributed by atoms with van der Waals surface area (Å²) in [6, 6.07) is 10.3. The molecule has 0 N–H and O–H groups in total. The van der Waals surface area contributed by atoms with Crippen molar-refractivity contribution in [1.82, 2.24) is 0 Å². The molecule has 3 nitrogen and oxygen atoms in total. The maximum Gasteiger partial charge on any atom is 0.235 e. The van der Waals surface area contributed by atoms with Crippen LogP contribution in [0.15, 0.2) is 35.3 Å². The van der Waals surface area contributed by atoms with Crippen LogP contribution in [0.3, 0.4) is 0 Å². The summed E-state index contributed by atoms with van der Waals surface area (Å²) in [6.45, 7) is 1.80. The number of isocyanates is 1. The van der Waals surface area contributed by atoms with Crippen LogP contribution in [-0.2, 0) is 4.79 Å². The van der Waals surface area contributed by atoms with Gasteiger partial charge < -0.3 is 4.90 Å². The molecule has 1 saturated heterocycles. The van der Waals surface area contributed by atoms with Gasteiger partial charge in [0.15, 0.2) is 0 Å². The average molecular weight is 188 g/mol. The zero-order valence-corrected chi connectivity index (χ0v) is 7.89. The largest absolute Gasteiger partial charge is 0.369 e. The number of hydrogen-bond donors (Lipinski definition) is 0. The smallest absolute Gasteiger partial charge is 0.235 e. The van der Waals surface area contributed by atoms with Crippen LogP contribution in [0, 0.1) is 0 Å². The third kappa shape index (κ3) is 1.83. The fourth-order valence-electron chi connectivity index (χ4n) is 1.80. The number of hydrogen-bond acceptors (Lipinski definition) is 3. The second-order valence-corrected chi connectivity index (χ2v) is 3.44. The highest BCUT2D eigenvalue weighted by Gasteiger charge is 2.21. The van der Waals surface area contributed by atoms with Gasteiger partial charge in [0.1, 0.15) is 0 Å². The van der Waals surface area contributed by atoms with Gasteiger partial charge in [-0.3, -0.25) is 0 Å². The number of anilines is 1. The van der Waals surface area contributed by atoms with E-state index in [-0.39, 0.29) is 6.04 Å². The third-order valence-corrected chi connectivity index (χ3v) is 2.52. The van der Waals surface area contributed by atoms with Gasteiger partial charge in [-0.2, -0.15) is 0 Å². The molecule has 1 aromatic rings. The number of rotatable bonds is 2. The summed E-state index contributed by atoms with van der Waals surface area (Å²) in [5, 5.41) is 0. The van der Waals surface area contributed by atoms with Crippen molar-refractivity contribution in [3.05, 3.63) is 30.3 Å². The highest BCUT2D eigenvalue weighted by Crippen LogP contribution is 2.20. The van der Waals surface area contributed by atoms with Crippen molar-refractivity contribution in [1.29, 1.82) is 0 Å². The molecule has 2 rings (SSSR count). The predicted molar refractivity (Wildman–Crippen MR) is 55.2 cm³/mol. The fourth-order valence-corrected chi connectivity index (χ4v) is 1.80. The van der Waals surface area contributed by atoms with Crippen LogP contribution < -0.4 is 4.90 Å². The average Bonchev–Trinajstić information content (AvgIpc) is 2.68. The Hall–Kier alpha value is -1.60. The van der Waals surface area contributed by atoms with Crippen molar-refractivity contribution in [2.45, 2.75) is 12.5 Å². The highest BCUT2D eigenvalue weighted by atomic mass is 16.1. The zero-order valence-electron chi connectivity index (χ0n) is 7.89. The number of aliphatic imine (C=N–C) groups is 1. The van der Waals surface area contributed by atoms with Gasteiger partial charge >= 0.3 is 0 Å². The van der Waals surface area contributed by atoms with E-state index in [1.54, 1.807) is 6.08 Å². The topological polar surface area (TPSA) is 32.7 Å². The maximum absolute atomic E-state index is 10.1. The normalized spacial score (nSPS) is 20.6. The first-order valence-electron chi connectivity index (χ1n) is 4.77. The monoisotopic (exact) mass is 188 g/mol. The van der Waals surface area contributed by atoms with Crippen LogP contribution in [-0.4, -0.2) is 25.2 Å². The molecule has 14 heavy (non-hydrogen) atoms. The van der Waals surface area contributed by atoms with E-state index in [0.717, 1.165) is 19.5 Å². The van der Waals surface area contributed by atoms with Crippen molar-refractivity contribution >= 4 is 11.8 Å². The summed E-state index contributed by atoms with van der Waals surface area (Å²) in [5.74, 6) is 0. The molecular formula is C11H12N2O. The molecule has 0 saturated carbocycles. The van der Waals surface area contributed by atoms with E-state index in [1.807, 2.05) is 18.2 Å². The van der Waals surface area contributed by atoms with Crippen LogP contribution in [0.5, 0.6) is 0 Å². The second kappa shape index (κ2) is 4.07. The van der Waals surface area contributed by atoms with Gasteiger partial charge in [-0.25, -0.2) is 9.79 Å². The number of benzene rings is 1. The van der Waals surface area contributed by atoms with Gasteiger partial charge in [0.25, 0.3) is 0 Å². The third-order valence-electron chi connectivity index (χ3n) is 2.52. The van der Waals surface area contributed by atoms with Crippen LogP contribution in [0.2, 0.25) is 0 Å². The molecule has 0 bridgehead atoms. The van der Waals surface area contributed by atoms with Crippen LogP contribution in [0.1, 0.15) is 6.42 Å². The number of nitrogens with zero attached hydrogens (tertiary/aromatic N) is 2. The fraction of sp³-hybridized carbons (Fsp3) is 0.364. The molecule has 0 radical (unpaired) electrons. The summed E-state index contributed by atoms with van der Waals surface area (Å²) >= 11 is 0. The SMILES string of the molecule is O=C=NC1CCN(c2ccccc2)C1. The van der Waals surface area contributed by atoms with Gasteiger partial charge in [0, 0.05) is 18.8 Å². The summed E-state index contributed by atoms with van der Waals surface area (Å²) in [4.78, 5) is 16.1. The maximum atomic E-state index is 10.1. The van der Waals surface area contributed by atoms with E-state index in [2.05, 4.69) is 22.0 Å². The Bertz CT molecular complexity index is 344. The Morgan fingerprint density at radius 2 is 2.14 bits per heavy atom. The van der Waals surface area contributed by atoms with E-state index < -0.39 is 0 Å². The Kier molecular flexibility index (Phi) is 2.61. The second-order valence-electron chi connectivity index (χ2n) is 3.44. The standard InChI is InChI=1S/C11H12N2O/c14-9-12-10-6-7-13(8-10)11-4-2-1-3-5-11/h1-5,10H,6-8H2. The zero-order chi connectivity index (χ0) is 9.80. The molecule has 1 aromatic carbocycles. The summed E-state index contributed by atoms with van der Waals surface area (Å²) in [6.07, 6.45) is 2.58. The van der Waals surface area contributed by atoms with Crippen molar-refractivity contribution in [2.24, 2.45) is 4.99 Å². The van der Waals surface area contributed by atoms with Crippen LogP contribution in [0.25, 0.3) is 0 Å². The number of carbonyl (C=O) groups excluding carboxylic acids is 1. The highest BCUT2D eigenvalue weighted by molar-refractivity contribution is 5.47. The lowest BCUT2D eigenvalue weighted by molar-refractivity contribution is 0.558. The summed E-state index contributed by atoms with van der Waals surface area (Å²) < 4.78 is 0. The molecule has 1 fully saturated rings.